The van der Waals surface area contributed by atoms with Crippen molar-refractivity contribution < 1.29 is 14.3 Å². The van der Waals surface area contributed by atoms with E-state index in [4.69, 9.17) is 4.74 Å². The van der Waals surface area contributed by atoms with Crippen molar-refractivity contribution in [3.8, 4) is 5.75 Å². The number of rotatable bonds is 4. The monoisotopic (exact) mass is 257 g/mol. The Bertz CT molecular complexity index is 537. The van der Waals surface area contributed by atoms with Gasteiger partial charge in [0.1, 0.15) is 11.9 Å². The van der Waals surface area contributed by atoms with E-state index in [1.54, 1.807) is 30.5 Å². The van der Waals surface area contributed by atoms with Crippen molar-refractivity contribution in [2.75, 3.05) is 7.11 Å². The molecule has 1 unspecified atom stereocenters. The van der Waals surface area contributed by atoms with Gasteiger partial charge in [0.25, 0.3) is 0 Å². The first-order valence-corrected chi connectivity index (χ1v) is 5.96. The van der Waals surface area contributed by atoms with E-state index in [2.05, 4.69) is 9.72 Å². The molecule has 0 saturated heterocycles. The van der Waals surface area contributed by atoms with Crippen LogP contribution in [-0.4, -0.2) is 18.1 Å². The smallest absolute Gasteiger partial charge is 0.337 e. The minimum Gasteiger partial charge on any atom is -0.484 e. The van der Waals surface area contributed by atoms with Crippen molar-refractivity contribution in [3.63, 3.8) is 0 Å². The van der Waals surface area contributed by atoms with Crippen molar-refractivity contribution in [3.05, 3.63) is 59.9 Å². The van der Waals surface area contributed by atoms with Crippen LogP contribution in [0.4, 0.5) is 0 Å². The van der Waals surface area contributed by atoms with Crippen LogP contribution >= 0.6 is 0 Å². The van der Waals surface area contributed by atoms with E-state index < -0.39 is 0 Å². The molecule has 0 aliphatic heterocycles. The van der Waals surface area contributed by atoms with Crippen LogP contribution in [0.5, 0.6) is 5.75 Å². The van der Waals surface area contributed by atoms with Gasteiger partial charge in [0.05, 0.1) is 18.4 Å². The molecule has 2 aromatic rings. The summed E-state index contributed by atoms with van der Waals surface area (Å²) in [7, 11) is 1.36. The van der Waals surface area contributed by atoms with Gasteiger partial charge in [0, 0.05) is 6.20 Å². The van der Waals surface area contributed by atoms with Gasteiger partial charge in [-0.1, -0.05) is 6.07 Å². The quantitative estimate of drug-likeness (QED) is 0.790. The highest BCUT2D eigenvalue weighted by Gasteiger charge is 2.09. The second kappa shape index (κ2) is 6.00. The number of ether oxygens (including phenoxy) is 2. The lowest BCUT2D eigenvalue weighted by molar-refractivity contribution is 0.0600. The average molecular weight is 257 g/mol. The van der Waals surface area contributed by atoms with Crippen molar-refractivity contribution in [1.82, 2.24) is 4.98 Å². The molecule has 0 aliphatic carbocycles. The van der Waals surface area contributed by atoms with E-state index in [0.29, 0.717) is 11.3 Å². The predicted octanol–water partition coefficient (Wildman–Crippen LogP) is 3.01. The molecule has 0 fully saturated rings. The summed E-state index contributed by atoms with van der Waals surface area (Å²) in [6.07, 6.45) is 1.58. The number of carbonyl (C=O) groups excluding carboxylic acids is 1. The number of methoxy groups -OCH3 is 1. The molecule has 1 aromatic carbocycles. The van der Waals surface area contributed by atoms with Gasteiger partial charge in [0.15, 0.2) is 0 Å². The molecule has 19 heavy (non-hydrogen) atoms. The lowest BCUT2D eigenvalue weighted by atomic mass is 10.2. The number of hydrogen-bond acceptors (Lipinski definition) is 4. The fourth-order valence-corrected chi connectivity index (χ4v) is 1.67. The van der Waals surface area contributed by atoms with Gasteiger partial charge in [-0.25, -0.2) is 4.79 Å². The van der Waals surface area contributed by atoms with Gasteiger partial charge in [-0.15, -0.1) is 0 Å². The molecule has 98 valence electrons. The SMILES string of the molecule is COC(=O)c1ccc(OC(C)c2ccccn2)cc1. The minimum atomic E-state index is -0.357. The molecule has 1 heterocycles. The molecule has 0 bridgehead atoms. The number of esters is 1. The maximum absolute atomic E-state index is 11.3. The molecule has 4 nitrogen and oxygen atoms in total. The Labute approximate surface area is 112 Å². The molecule has 0 N–H and O–H groups in total. The molecule has 0 saturated carbocycles. The van der Waals surface area contributed by atoms with Crippen molar-refractivity contribution in [1.29, 1.82) is 0 Å². The fraction of sp³-hybridized carbons (Fsp3) is 0.200. The first-order chi connectivity index (χ1) is 9.20. The van der Waals surface area contributed by atoms with E-state index in [1.165, 1.54) is 7.11 Å². The first-order valence-electron chi connectivity index (χ1n) is 5.96. The number of carbonyl (C=O) groups is 1. The van der Waals surface area contributed by atoms with Crippen LogP contribution in [0.25, 0.3) is 0 Å². The largest absolute Gasteiger partial charge is 0.484 e. The average Bonchev–Trinajstić information content (AvgIpc) is 2.48. The minimum absolute atomic E-state index is 0.148. The molecule has 0 aliphatic rings. The Morgan fingerprint density at radius 2 is 1.89 bits per heavy atom. The maximum Gasteiger partial charge on any atom is 0.337 e. The standard InChI is InChI=1S/C15H15NO3/c1-11(14-5-3-4-10-16-14)19-13-8-6-12(7-9-13)15(17)18-2/h3-11H,1-2H3. The van der Waals surface area contributed by atoms with E-state index >= 15 is 0 Å². The van der Waals surface area contributed by atoms with Gasteiger partial charge in [-0.05, 0) is 43.3 Å². The van der Waals surface area contributed by atoms with Gasteiger partial charge in [0.2, 0.25) is 0 Å². The Morgan fingerprint density at radius 1 is 1.16 bits per heavy atom. The lowest BCUT2D eigenvalue weighted by Gasteiger charge is -2.14. The fourth-order valence-electron chi connectivity index (χ4n) is 1.67. The van der Waals surface area contributed by atoms with E-state index in [-0.39, 0.29) is 12.1 Å². The number of hydrogen-bond donors (Lipinski definition) is 0. The molecule has 1 aromatic heterocycles. The molecular weight excluding hydrogens is 242 g/mol. The third-order valence-corrected chi connectivity index (χ3v) is 2.69. The molecule has 0 amide bonds. The number of nitrogens with zero attached hydrogens (tertiary/aromatic N) is 1. The van der Waals surface area contributed by atoms with Crippen LogP contribution in [0.2, 0.25) is 0 Å². The Hall–Kier alpha value is -2.36. The van der Waals surface area contributed by atoms with Gasteiger partial charge < -0.3 is 9.47 Å². The molecule has 4 heteroatoms. The lowest BCUT2D eigenvalue weighted by Crippen LogP contribution is -2.05. The second-order valence-corrected chi connectivity index (χ2v) is 4.03. The first kappa shape index (κ1) is 13.1. The topological polar surface area (TPSA) is 48.4 Å². The highest BCUT2D eigenvalue weighted by molar-refractivity contribution is 5.89. The third kappa shape index (κ3) is 3.31. The molecular formula is C15H15NO3. The highest BCUT2D eigenvalue weighted by Crippen LogP contribution is 2.20. The van der Waals surface area contributed by atoms with Crippen molar-refractivity contribution >= 4 is 5.97 Å². The molecule has 2 rings (SSSR count). The molecule has 1 atom stereocenters. The number of benzene rings is 1. The molecule has 0 radical (unpaired) electrons. The molecule has 0 spiro atoms. The zero-order chi connectivity index (χ0) is 13.7. The summed E-state index contributed by atoms with van der Waals surface area (Å²) in [5.41, 5.74) is 1.36. The summed E-state index contributed by atoms with van der Waals surface area (Å²) in [5, 5.41) is 0. The summed E-state index contributed by atoms with van der Waals surface area (Å²) in [6.45, 7) is 1.93. The van der Waals surface area contributed by atoms with E-state index in [0.717, 1.165) is 5.69 Å². The summed E-state index contributed by atoms with van der Waals surface area (Å²) in [5.74, 6) is 0.329. The maximum atomic E-state index is 11.3. The Morgan fingerprint density at radius 3 is 2.47 bits per heavy atom. The van der Waals surface area contributed by atoms with Crippen molar-refractivity contribution in [2.45, 2.75) is 13.0 Å². The third-order valence-electron chi connectivity index (χ3n) is 2.69. The summed E-state index contributed by atoms with van der Waals surface area (Å²) in [4.78, 5) is 15.5. The zero-order valence-corrected chi connectivity index (χ0v) is 10.9. The normalized spacial score (nSPS) is 11.7. The van der Waals surface area contributed by atoms with E-state index in [1.807, 2.05) is 25.1 Å². The van der Waals surface area contributed by atoms with Gasteiger partial charge in [-0.2, -0.15) is 0 Å². The van der Waals surface area contributed by atoms with Crippen LogP contribution < -0.4 is 4.74 Å². The second-order valence-electron chi connectivity index (χ2n) is 4.03. The number of pyridine rings is 1. The highest BCUT2D eigenvalue weighted by atomic mass is 16.5. The zero-order valence-electron chi connectivity index (χ0n) is 10.9. The summed E-state index contributed by atoms with van der Waals surface area (Å²) in [6, 6.07) is 12.5. The summed E-state index contributed by atoms with van der Waals surface area (Å²) >= 11 is 0. The Kier molecular flexibility index (Phi) is 4.13. The van der Waals surface area contributed by atoms with E-state index in [9.17, 15) is 4.79 Å². The van der Waals surface area contributed by atoms with Gasteiger partial charge in [-0.3, -0.25) is 4.98 Å². The predicted molar refractivity (Wildman–Crippen MR) is 71.1 cm³/mol. The Balaban J connectivity index is 2.06. The van der Waals surface area contributed by atoms with Gasteiger partial charge >= 0.3 is 5.97 Å². The van der Waals surface area contributed by atoms with Crippen molar-refractivity contribution in [2.24, 2.45) is 0 Å². The summed E-state index contributed by atoms with van der Waals surface area (Å²) < 4.78 is 10.4. The van der Waals surface area contributed by atoms with Crippen LogP contribution in [0.15, 0.2) is 48.7 Å². The van der Waals surface area contributed by atoms with Crippen LogP contribution in [0.1, 0.15) is 29.1 Å². The van der Waals surface area contributed by atoms with Crippen LogP contribution in [-0.2, 0) is 4.74 Å². The van der Waals surface area contributed by atoms with Crippen LogP contribution in [0.3, 0.4) is 0 Å². The number of aromatic nitrogens is 1. The van der Waals surface area contributed by atoms with Crippen LogP contribution in [0, 0.1) is 0 Å².